The molecule has 2 aliphatic heterocycles. The molecule has 1 amide bonds. The molecule has 1 aromatic carbocycles. The highest BCUT2D eigenvalue weighted by atomic mass is 19.3. The average molecular weight is 351 g/mol. The maximum Gasteiger partial charge on any atom is 0.295 e. The lowest BCUT2D eigenvalue weighted by Crippen LogP contribution is -2.41. The standard InChI is InChI=1S/C17H19F2N3O3/c18-14(19)15-20-12-2-1-11(9-13(12)21-15)16(23)22-5-3-10(4-6-22)17-24-7-8-25-17/h1-2,9-10,14,17H,3-8H2,(H,20,21). The van der Waals surface area contributed by atoms with Gasteiger partial charge in [-0.15, -0.1) is 0 Å². The first-order valence-electron chi connectivity index (χ1n) is 8.42. The summed E-state index contributed by atoms with van der Waals surface area (Å²) in [5.41, 5.74) is 1.36. The van der Waals surface area contributed by atoms with E-state index in [9.17, 15) is 13.6 Å². The van der Waals surface area contributed by atoms with E-state index in [0.717, 1.165) is 12.8 Å². The number of carbonyl (C=O) groups is 1. The van der Waals surface area contributed by atoms with Gasteiger partial charge in [0.05, 0.1) is 24.2 Å². The molecule has 0 unspecified atom stereocenters. The number of amides is 1. The van der Waals surface area contributed by atoms with Crippen LogP contribution in [0.3, 0.4) is 0 Å². The summed E-state index contributed by atoms with van der Waals surface area (Å²) < 4.78 is 36.6. The number of ether oxygens (including phenoxy) is 2. The number of aromatic amines is 1. The van der Waals surface area contributed by atoms with E-state index in [2.05, 4.69) is 9.97 Å². The quantitative estimate of drug-likeness (QED) is 0.923. The van der Waals surface area contributed by atoms with Gasteiger partial charge in [-0.3, -0.25) is 4.79 Å². The number of H-pyrrole nitrogens is 1. The van der Waals surface area contributed by atoms with Crippen LogP contribution >= 0.6 is 0 Å². The lowest BCUT2D eigenvalue weighted by atomic mass is 9.95. The summed E-state index contributed by atoms with van der Waals surface area (Å²) in [6, 6.07) is 4.82. The van der Waals surface area contributed by atoms with E-state index < -0.39 is 6.43 Å². The maximum absolute atomic E-state index is 12.7. The summed E-state index contributed by atoms with van der Waals surface area (Å²) in [6.45, 7) is 2.54. The predicted molar refractivity (Wildman–Crippen MR) is 85.4 cm³/mol. The van der Waals surface area contributed by atoms with Crippen molar-refractivity contribution < 1.29 is 23.0 Å². The van der Waals surface area contributed by atoms with Crippen molar-refractivity contribution in [3.63, 3.8) is 0 Å². The Labute approximate surface area is 143 Å². The number of likely N-dealkylation sites (tertiary alicyclic amines) is 1. The summed E-state index contributed by atoms with van der Waals surface area (Å²) in [7, 11) is 0. The van der Waals surface area contributed by atoms with Crippen LogP contribution in [0.15, 0.2) is 18.2 Å². The Kier molecular flexibility index (Phi) is 4.39. The van der Waals surface area contributed by atoms with Crippen LogP contribution in [0.5, 0.6) is 0 Å². The smallest absolute Gasteiger partial charge is 0.295 e. The number of aromatic nitrogens is 2. The van der Waals surface area contributed by atoms with Crippen LogP contribution in [0.1, 0.15) is 35.4 Å². The molecule has 134 valence electrons. The number of hydrogen-bond acceptors (Lipinski definition) is 4. The van der Waals surface area contributed by atoms with Gasteiger partial charge < -0.3 is 19.4 Å². The minimum absolute atomic E-state index is 0.0956. The molecule has 2 fully saturated rings. The van der Waals surface area contributed by atoms with E-state index in [1.54, 1.807) is 23.1 Å². The molecule has 0 bridgehead atoms. The molecule has 25 heavy (non-hydrogen) atoms. The molecule has 1 aromatic heterocycles. The van der Waals surface area contributed by atoms with Crippen LogP contribution < -0.4 is 0 Å². The zero-order valence-electron chi connectivity index (χ0n) is 13.6. The van der Waals surface area contributed by atoms with Crippen LogP contribution in [0, 0.1) is 5.92 Å². The van der Waals surface area contributed by atoms with Gasteiger partial charge in [0.15, 0.2) is 12.1 Å². The molecule has 1 N–H and O–H groups in total. The van der Waals surface area contributed by atoms with Gasteiger partial charge in [-0.05, 0) is 31.0 Å². The monoisotopic (exact) mass is 351 g/mol. The second-order valence-electron chi connectivity index (χ2n) is 6.39. The Morgan fingerprint density at radius 3 is 2.64 bits per heavy atom. The third kappa shape index (κ3) is 3.23. The molecule has 0 atom stereocenters. The van der Waals surface area contributed by atoms with Gasteiger partial charge in [0, 0.05) is 24.6 Å². The Hall–Kier alpha value is -2.06. The number of hydrogen-bond donors (Lipinski definition) is 1. The van der Waals surface area contributed by atoms with Crippen molar-refractivity contribution in [3.05, 3.63) is 29.6 Å². The first-order valence-corrected chi connectivity index (χ1v) is 8.42. The van der Waals surface area contributed by atoms with E-state index >= 15 is 0 Å². The van der Waals surface area contributed by atoms with Gasteiger partial charge in [-0.1, -0.05) is 0 Å². The summed E-state index contributed by atoms with van der Waals surface area (Å²) in [6.07, 6.45) is -1.15. The number of halogens is 2. The molecule has 3 heterocycles. The summed E-state index contributed by atoms with van der Waals surface area (Å²) in [5.74, 6) is -0.158. The minimum Gasteiger partial charge on any atom is -0.350 e. The highest BCUT2D eigenvalue weighted by molar-refractivity contribution is 5.97. The van der Waals surface area contributed by atoms with Gasteiger partial charge >= 0.3 is 0 Å². The van der Waals surface area contributed by atoms with Crippen LogP contribution in [0.25, 0.3) is 11.0 Å². The maximum atomic E-state index is 12.7. The van der Waals surface area contributed by atoms with E-state index in [-0.39, 0.29) is 18.0 Å². The van der Waals surface area contributed by atoms with E-state index in [1.165, 1.54) is 0 Å². The van der Waals surface area contributed by atoms with E-state index in [4.69, 9.17) is 9.47 Å². The second-order valence-corrected chi connectivity index (χ2v) is 6.39. The number of rotatable bonds is 3. The third-order valence-electron chi connectivity index (χ3n) is 4.81. The molecule has 2 saturated heterocycles. The van der Waals surface area contributed by atoms with Crippen molar-refractivity contribution in [3.8, 4) is 0 Å². The Bertz CT molecular complexity index is 766. The van der Waals surface area contributed by atoms with Crippen molar-refractivity contribution in [1.82, 2.24) is 14.9 Å². The molecule has 0 aliphatic carbocycles. The molecule has 0 radical (unpaired) electrons. The molecule has 2 aromatic rings. The highest BCUT2D eigenvalue weighted by Gasteiger charge is 2.32. The third-order valence-corrected chi connectivity index (χ3v) is 4.81. The average Bonchev–Trinajstić information content (AvgIpc) is 3.30. The van der Waals surface area contributed by atoms with Crippen LogP contribution in [0.2, 0.25) is 0 Å². The first-order chi connectivity index (χ1) is 12.1. The molecule has 4 rings (SSSR count). The van der Waals surface area contributed by atoms with Gasteiger partial charge in [0.25, 0.3) is 12.3 Å². The Morgan fingerprint density at radius 1 is 1.24 bits per heavy atom. The van der Waals surface area contributed by atoms with Crippen molar-refractivity contribution in [2.45, 2.75) is 25.6 Å². The van der Waals surface area contributed by atoms with Crippen molar-refractivity contribution >= 4 is 16.9 Å². The topological polar surface area (TPSA) is 67.5 Å². The van der Waals surface area contributed by atoms with E-state index in [1.807, 2.05) is 0 Å². The number of piperidine rings is 1. The van der Waals surface area contributed by atoms with Crippen LogP contribution in [-0.4, -0.2) is 53.4 Å². The largest absolute Gasteiger partial charge is 0.350 e. The minimum atomic E-state index is -2.66. The molecular weight excluding hydrogens is 332 g/mol. The molecule has 0 saturated carbocycles. The normalized spacial score (nSPS) is 20.0. The lowest BCUT2D eigenvalue weighted by molar-refractivity contribution is -0.0956. The molecular formula is C17H19F2N3O3. The van der Waals surface area contributed by atoms with Crippen LogP contribution in [-0.2, 0) is 9.47 Å². The summed E-state index contributed by atoms with van der Waals surface area (Å²) >= 11 is 0. The zero-order chi connectivity index (χ0) is 17.4. The second kappa shape index (κ2) is 6.68. The number of imidazole rings is 1. The molecule has 8 heteroatoms. The molecule has 2 aliphatic rings. The lowest BCUT2D eigenvalue weighted by Gasteiger charge is -2.33. The van der Waals surface area contributed by atoms with Crippen molar-refractivity contribution in [1.29, 1.82) is 0 Å². The fourth-order valence-electron chi connectivity index (χ4n) is 3.47. The molecule has 0 spiro atoms. The van der Waals surface area contributed by atoms with Gasteiger partial charge in [-0.2, -0.15) is 0 Å². The van der Waals surface area contributed by atoms with Gasteiger partial charge in [-0.25, -0.2) is 13.8 Å². The molecule has 6 nitrogen and oxygen atoms in total. The number of carbonyl (C=O) groups excluding carboxylic acids is 1. The number of benzene rings is 1. The van der Waals surface area contributed by atoms with Gasteiger partial charge in [0.1, 0.15) is 0 Å². The van der Waals surface area contributed by atoms with Crippen molar-refractivity contribution in [2.75, 3.05) is 26.3 Å². The van der Waals surface area contributed by atoms with Crippen LogP contribution in [0.4, 0.5) is 8.78 Å². The Balaban J connectivity index is 1.44. The zero-order valence-corrected chi connectivity index (χ0v) is 13.6. The van der Waals surface area contributed by atoms with E-state index in [0.29, 0.717) is 48.8 Å². The summed E-state index contributed by atoms with van der Waals surface area (Å²) in [5, 5.41) is 0. The number of nitrogens with zero attached hydrogens (tertiary/aromatic N) is 2. The first kappa shape index (κ1) is 16.4. The van der Waals surface area contributed by atoms with Gasteiger partial charge in [0.2, 0.25) is 0 Å². The highest BCUT2D eigenvalue weighted by Crippen LogP contribution is 2.27. The fraction of sp³-hybridized carbons (Fsp3) is 0.529. The Morgan fingerprint density at radius 2 is 1.96 bits per heavy atom. The number of alkyl halides is 2. The number of nitrogens with one attached hydrogen (secondary N) is 1. The number of fused-ring (bicyclic) bond motifs is 1. The SMILES string of the molecule is O=C(c1ccc2nc(C(F)F)[nH]c2c1)N1CCC(C2OCCO2)CC1. The fourth-order valence-corrected chi connectivity index (χ4v) is 3.47. The van der Waals surface area contributed by atoms with Crippen molar-refractivity contribution in [2.24, 2.45) is 5.92 Å². The summed E-state index contributed by atoms with van der Waals surface area (Å²) in [4.78, 5) is 20.9. The predicted octanol–water partition coefficient (Wildman–Crippen LogP) is 2.73.